The Morgan fingerprint density at radius 2 is 2.00 bits per heavy atom. The first-order valence-corrected chi connectivity index (χ1v) is 6.97. The predicted molar refractivity (Wildman–Crippen MR) is 83.9 cm³/mol. The van der Waals surface area contributed by atoms with Crippen molar-refractivity contribution >= 4 is 16.9 Å². The summed E-state index contributed by atoms with van der Waals surface area (Å²) in [6.07, 6.45) is 1.67. The van der Waals surface area contributed by atoms with E-state index in [0.29, 0.717) is 29.0 Å². The quantitative estimate of drug-likeness (QED) is 0.692. The summed E-state index contributed by atoms with van der Waals surface area (Å²) in [7, 11) is 2.85. The van der Waals surface area contributed by atoms with Gasteiger partial charge in [0.05, 0.1) is 26.3 Å². The molecule has 0 N–H and O–H groups in total. The molecule has 0 aliphatic rings. The maximum atomic E-state index is 12.0. The first-order chi connectivity index (χ1) is 11.1. The van der Waals surface area contributed by atoms with Gasteiger partial charge in [-0.2, -0.15) is 0 Å². The third-order valence-electron chi connectivity index (χ3n) is 3.55. The maximum Gasteiger partial charge on any atom is 0.373 e. The summed E-state index contributed by atoms with van der Waals surface area (Å²) < 4.78 is 17.3. The van der Waals surface area contributed by atoms with Gasteiger partial charge in [-0.3, -0.25) is 4.79 Å². The number of ether oxygens (including phenoxy) is 2. The molecule has 2 heterocycles. The molecule has 0 bridgehead atoms. The molecular weight excluding hydrogens is 298 g/mol. The van der Waals surface area contributed by atoms with Crippen LogP contribution in [0.4, 0.5) is 0 Å². The summed E-state index contributed by atoms with van der Waals surface area (Å²) >= 11 is 0. The van der Waals surface area contributed by atoms with E-state index in [1.54, 1.807) is 43.6 Å². The minimum absolute atomic E-state index is 0.0788. The number of pyridine rings is 1. The molecule has 0 unspecified atom stereocenters. The van der Waals surface area contributed by atoms with Crippen molar-refractivity contribution in [3.8, 4) is 5.75 Å². The Morgan fingerprint density at radius 3 is 2.74 bits per heavy atom. The SMILES string of the molecule is COC(=O)c1ccc(Cn2ccc(=O)c3cccc(OC)c32)o1. The van der Waals surface area contributed by atoms with Crippen LogP contribution < -0.4 is 10.2 Å². The van der Waals surface area contributed by atoms with E-state index in [4.69, 9.17) is 9.15 Å². The highest BCUT2D eigenvalue weighted by Crippen LogP contribution is 2.24. The van der Waals surface area contributed by atoms with Crippen LogP contribution in [0.1, 0.15) is 16.3 Å². The molecule has 3 aromatic rings. The number of carbonyl (C=O) groups is 1. The van der Waals surface area contributed by atoms with Gasteiger partial charge in [0.25, 0.3) is 0 Å². The van der Waals surface area contributed by atoms with E-state index in [-0.39, 0.29) is 11.2 Å². The molecule has 0 saturated heterocycles. The molecule has 6 nitrogen and oxygen atoms in total. The number of esters is 1. The number of hydrogen-bond acceptors (Lipinski definition) is 5. The Hall–Kier alpha value is -3.02. The van der Waals surface area contributed by atoms with Gasteiger partial charge in [-0.1, -0.05) is 6.07 Å². The lowest BCUT2D eigenvalue weighted by atomic mass is 10.2. The van der Waals surface area contributed by atoms with Crippen LogP contribution >= 0.6 is 0 Å². The van der Waals surface area contributed by atoms with E-state index in [1.807, 2.05) is 4.57 Å². The lowest BCUT2D eigenvalue weighted by Crippen LogP contribution is -2.09. The molecule has 0 atom stereocenters. The van der Waals surface area contributed by atoms with E-state index < -0.39 is 5.97 Å². The van der Waals surface area contributed by atoms with E-state index in [0.717, 1.165) is 0 Å². The molecular formula is C17H15NO5. The van der Waals surface area contributed by atoms with Gasteiger partial charge in [0.15, 0.2) is 5.43 Å². The summed E-state index contributed by atoms with van der Waals surface area (Å²) in [6, 6.07) is 10.1. The van der Waals surface area contributed by atoms with Crippen LogP contribution in [0.25, 0.3) is 10.9 Å². The number of benzene rings is 1. The molecule has 0 amide bonds. The van der Waals surface area contributed by atoms with Crippen LogP contribution in [0.3, 0.4) is 0 Å². The predicted octanol–water partition coefficient (Wildman–Crippen LogP) is 2.44. The van der Waals surface area contributed by atoms with Gasteiger partial charge < -0.3 is 18.5 Å². The number of methoxy groups -OCH3 is 2. The number of carbonyl (C=O) groups excluding carboxylic acids is 1. The Labute approximate surface area is 131 Å². The van der Waals surface area contributed by atoms with E-state index >= 15 is 0 Å². The van der Waals surface area contributed by atoms with Crippen molar-refractivity contribution in [3.05, 3.63) is 64.3 Å². The van der Waals surface area contributed by atoms with Crippen molar-refractivity contribution in [1.29, 1.82) is 0 Å². The standard InChI is InChI=1S/C17H15NO5/c1-21-14-5-3-4-12-13(19)8-9-18(16(12)14)10-11-6-7-15(23-11)17(20)22-2/h3-9H,10H2,1-2H3. The average molecular weight is 313 g/mol. The average Bonchev–Trinajstić information content (AvgIpc) is 3.04. The van der Waals surface area contributed by atoms with Crippen LogP contribution in [0.2, 0.25) is 0 Å². The zero-order valence-electron chi connectivity index (χ0n) is 12.7. The molecule has 6 heteroatoms. The number of furan rings is 1. The molecule has 2 aromatic heterocycles. The monoisotopic (exact) mass is 313 g/mol. The number of rotatable bonds is 4. The molecule has 118 valence electrons. The lowest BCUT2D eigenvalue weighted by Gasteiger charge is -2.12. The molecule has 0 saturated carbocycles. The van der Waals surface area contributed by atoms with Gasteiger partial charge in [0.2, 0.25) is 5.76 Å². The van der Waals surface area contributed by atoms with Crippen molar-refractivity contribution in [2.24, 2.45) is 0 Å². The summed E-state index contributed by atoms with van der Waals surface area (Å²) in [6.45, 7) is 0.355. The Kier molecular flexibility index (Phi) is 3.89. The van der Waals surface area contributed by atoms with Crippen molar-refractivity contribution in [2.75, 3.05) is 14.2 Å². The highest BCUT2D eigenvalue weighted by Gasteiger charge is 2.13. The molecule has 1 aromatic carbocycles. The molecule has 0 spiro atoms. The summed E-state index contributed by atoms with van der Waals surface area (Å²) in [4.78, 5) is 23.5. The third kappa shape index (κ3) is 2.70. The van der Waals surface area contributed by atoms with Crippen LogP contribution in [0.5, 0.6) is 5.75 Å². The number of para-hydroxylation sites is 1. The Balaban J connectivity index is 2.07. The highest BCUT2D eigenvalue weighted by atomic mass is 16.5. The summed E-state index contributed by atoms with van der Waals surface area (Å²) in [5.74, 6) is 0.777. The highest BCUT2D eigenvalue weighted by molar-refractivity contribution is 5.86. The first-order valence-electron chi connectivity index (χ1n) is 6.97. The molecule has 0 radical (unpaired) electrons. The van der Waals surface area contributed by atoms with Crippen molar-refractivity contribution < 1.29 is 18.7 Å². The third-order valence-corrected chi connectivity index (χ3v) is 3.55. The zero-order valence-corrected chi connectivity index (χ0v) is 12.7. The second kappa shape index (κ2) is 6.00. The second-order valence-corrected chi connectivity index (χ2v) is 4.92. The molecule has 0 aliphatic carbocycles. The van der Waals surface area contributed by atoms with Crippen LogP contribution in [-0.4, -0.2) is 24.8 Å². The Morgan fingerprint density at radius 1 is 1.17 bits per heavy atom. The fraction of sp³-hybridized carbons (Fsp3) is 0.176. The van der Waals surface area contributed by atoms with Gasteiger partial charge >= 0.3 is 5.97 Å². The van der Waals surface area contributed by atoms with Crippen LogP contribution in [0.15, 0.2) is 51.8 Å². The van der Waals surface area contributed by atoms with Gasteiger partial charge in [0, 0.05) is 17.6 Å². The lowest BCUT2D eigenvalue weighted by molar-refractivity contribution is 0.0563. The number of hydrogen-bond donors (Lipinski definition) is 0. The maximum absolute atomic E-state index is 12.0. The largest absolute Gasteiger partial charge is 0.495 e. The van der Waals surface area contributed by atoms with E-state index in [1.165, 1.54) is 13.2 Å². The van der Waals surface area contributed by atoms with Gasteiger partial charge in [-0.15, -0.1) is 0 Å². The number of nitrogens with zero attached hydrogens (tertiary/aromatic N) is 1. The molecule has 0 fully saturated rings. The Bertz CT molecular complexity index is 922. The first kappa shape index (κ1) is 14.9. The van der Waals surface area contributed by atoms with Crippen molar-refractivity contribution in [1.82, 2.24) is 4.57 Å². The summed E-state index contributed by atoms with van der Waals surface area (Å²) in [5.41, 5.74) is 0.600. The smallest absolute Gasteiger partial charge is 0.373 e. The second-order valence-electron chi connectivity index (χ2n) is 4.92. The minimum Gasteiger partial charge on any atom is -0.495 e. The zero-order chi connectivity index (χ0) is 16.4. The number of fused-ring (bicyclic) bond motifs is 1. The minimum atomic E-state index is -0.529. The topological polar surface area (TPSA) is 70.7 Å². The summed E-state index contributed by atoms with van der Waals surface area (Å²) in [5, 5.41) is 0.562. The van der Waals surface area contributed by atoms with Crippen molar-refractivity contribution in [3.63, 3.8) is 0 Å². The normalized spacial score (nSPS) is 10.7. The van der Waals surface area contributed by atoms with E-state index in [9.17, 15) is 9.59 Å². The fourth-order valence-corrected chi connectivity index (χ4v) is 2.48. The molecule has 0 aliphatic heterocycles. The van der Waals surface area contributed by atoms with Gasteiger partial charge in [-0.05, 0) is 24.3 Å². The van der Waals surface area contributed by atoms with Crippen LogP contribution in [0, 0.1) is 0 Å². The van der Waals surface area contributed by atoms with Gasteiger partial charge in [0.1, 0.15) is 11.5 Å². The fourth-order valence-electron chi connectivity index (χ4n) is 2.48. The van der Waals surface area contributed by atoms with E-state index in [2.05, 4.69) is 4.74 Å². The van der Waals surface area contributed by atoms with Crippen molar-refractivity contribution in [2.45, 2.75) is 6.54 Å². The van der Waals surface area contributed by atoms with Gasteiger partial charge in [-0.25, -0.2) is 4.79 Å². The molecule has 3 rings (SSSR count). The van der Waals surface area contributed by atoms with Crippen LogP contribution in [-0.2, 0) is 11.3 Å². The molecule has 23 heavy (non-hydrogen) atoms. The number of aromatic nitrogens is 1.